The van der Waals surface area contributed by atoms with Crippen LogP contribution in [0.25, 0.3) is 0 Å². The Balaban J connectivity index is 2.65. The van der Waals surface area contributed by atoms with Crippen LogP contribution >= 0.6 is 15.9 Å². The number of alkyl halides is 1. The van der Waals surface area contributed by atoms with Gasteiger partial charge in [0, 0.05) is 17.6 Å². The Labute approximate surface area is 93.8 Å². The summed E-state index contributed by atoms with van der Waals surface area (Å²) in [5.41, 5.74) is 2.38. The lowest BCUT2D eigenvalue weighted by atomic mass is 10.2. The molecule has 3 heteroatoms. The molecule has 14 heavy (non-hydrogen) atoms. The Morgan fingerprint density at radius 1 is 1.43 bits per heavy atom. The zero-order chi connectivity index (χ0) is 10.4. The highest BCUT2D eigenvalue weighted by Gasteiger charge is 2.03. The molecule has 0 aromatic heterocycles. The van der Waals surface area contributed by atoms with E-state index in [4.69, 9.17) is 4.74 Å². The molecule has 0 radical (unpaired) electrons. The smallest absolute Gasteiger partial charge is 0.124 e. The number of hydrogen-bond donors (Lipinski definition) is 1. The number of halogens is 1. The van der Waals surface area contributed by atoms with Gasteiger partial charge in [-0.05, 0) is 25.5 Å². The number of rotatable bonds is 5. The minimum Gasteiger partial charge on any atom is -0.360 e. The SMILES string of the molecule is CCOC(C)Nc1ccccc1CBr. The first kappa shape index (κ1) is 11.5. The minimum atomic E-state index is 0.0557. The van der Waals surface area contributed by atoms with E-state index in [1.807, 2.05) is 26.0 Å². The van der Waals surface area contributed by atoms with Gasteiger partial charge in [0.25, 0.3) is 0 Å². The molecule has 0 aliphatic carbocycles. The third-order valence-corrected chi connectivity index (χ3v) is 2.54. The molecule has 0 bridgehead atoms. The molecule has 0 spiro atoms. The largest absolute Gasteiger partial charge is 0.360 e. The van der Waals surface area contributed by atoms with E-state index in [2.05, 4.69) is 33.4 Å². The van der Waals surface area contributed by atoms with E-state index in [0.29, 0.717) is 0 Å². The molecule has 0 aliphatic rings. The van der Waals surface area contributed by atoms with Crippen molar-refractivity contribution in [2.75, 3.05) is 11.9 Å². The van der Waals surface area contributed by atoms with E-state index in [1.54, 1.807) is 0 Å². The quantitative estimate of drug-likeness (QED) is 0.645. The van der Waals surface area contributed by atoms with E-state index in [9.17, 15) is 0 Å². The molecule has 1 N–H and O–H groups in total. The molecule has 1 aromatic rings. The second-order valence-corrected chi connectivity index (χ2v) is 3.59. The van der Waals surface area contributed by atoms with Crippen molar-refractivity contribution < 1.29 is 4.74 Å². The fourth-order valence-electron chi connectivity index (χ4n) is 1.29. The van der Waals surface area contributed by atoms with Gasteiger partial charge < -0.3 is 10.1 Å². The maximum atomic E-state index is 5.42. The Bertz CT molecular complexity index is 278. The predicted molar refractivity (Wildman–Crippen MR) is 63.8 cm³/mol. The lowest BCUT2D eigenvalue weighted by molar-refractivity contribution is 0.0961. The molecule has 0 fully saturated rings. The maximum Gasteiger partial charge on any atom is 0.124 e. The molecule has 1 aromatic carbocycles. The zero-order valence-electron chi connectivity index (χ0n) is 8.59. The summed E-state index contributed by atoms with van der Waals surface area (Å²) < 4.78 is 5.42. The van der Waals surface area contributed by atoms with Crippen molar-refractivity contribution in [3.8, 4) is 0 Å². The molecule has 0 aliphatic heterocycles. The number of para-hydroxylation sites is 1. The first-order chi connectivity index (χ1) is 6.77. The lowest BCUT2D eigenvalue weighted by Crippen LogP contribution is -2.19. The molecule has 78 valence electrons. The van der Waals surface area contributed by atoms with Gasteiger partial charge >= 0.3 is 0 Å². The molecule has 0 amide bonds. The van der Waals surface area contributed by atoms with Crippen LogP contribution in [0.3, 0.4) is 0 Å². The maximum absolute atomic E-state index is 5.42. The van der Waals surface area contributed by atoms with Crippen LogP contribution in [0.15, 0.2) is 24.3 Å². The molecule has 0 saturated heterocycles. The Hall–Kier alpha value is -0.540. The van der Waals surface area contributed by atoms with Gasteiger partial charge in [0.2, 0.25) is 0 Å². The topological polar surface area (TPSA) is 21.3 Å². The van der Waals surface area contributed by atoms with Crippen LogP contribution in [0.2, 0.25) is 0 Å². The summed E-state index contributed by atoms with van der Waals surface area (Å²) in [5.74, 6) is 0. The van der Waals surface area contributed by atoms with E-state index in [-0.39, 0.29) is 6.23 Å². The Morgan fingerprint density at radius 3 is 2.79 bits per heavy atom. The monoisotopic (exact) mass is 257 g/mol. The summed E-state index contributed by atoms with van der Waals surface area (Å²) in [6.07, 6.45) is 0.0557. The van der Waals surface area contributed by atoms with Crippen LogP contribution in [0.5, 0.6) is 0 Å². The van der Waals surface area contributed by atoms with Crippen LogP contribution in [-0.2, 0) is 10.1 Å². The molecule has 2 nitrogen and oxygen atoms in total. The number of anilines is 1. The fraction of sp³-hybridized carbons (Fsp3) is 0.455. The van der Waals surface area contributed by atoms with Gasteiger partial charge in [0.1, 0.15) is 6.23 Å². The first-order valence-corrected chi connectivity index (χ1v) is 5.92. The minimum absolute atomic E-state index is 0.0557. The summed E-state index contributed by atoms with van der Waals surface area (Å²) in [7, 11) is 0. The Morgan fingerprint density at radius 2 is 2.14 bits per heavy atom. The number of nitrogens with one attached hydrogen (secondary N) is 1. The second kappa shape index (κ2) is 6.04. The van der Waals surface area contributed by atoms with Crippen LogP contribution in [-0.4, -0.2) is 12.8 Å². The van der Waals surface area contributed by atoms with Gasteiger partial charge in [-0.15, -0.1) is 0 Å². The van der Waals surface area contributed by atoms with Crippen molar-refractivity contribution in [1.82, 2.24) is 0 Å². The number of benzene rings is 1. The van der Waals surface area contributed by atoms with Crippen molar-refractivity contribution in [1.29, 1.82) is 0 Å². The fourth-order valence-corrected chi connectivity index (χ4v) is 1.78. The summed E-state index contributed by atoms with van der Waals surface area (Å²) in [6, 6.07) is 8.21. The van der Waals surface area contributed by atoms with E-state index >= 15 is 0 Å². The third kappa shape index (κ3) is 3.31. The standard InChI is InChI=1S/C11H16BrNO/c1-3-14-9(2)13-11-7-5-4-6-10(11)8-12/h4-7,9,13H,3,8H2,1-2H3. The summed E-state index contributed by atoms with van der Waals surface area (Å²) in [5, 5.41) is 4.17. The third-order valence-electron chi connectivity index (χ3n) is 1.94. The molecular weight excluding hydrogens is 242 g/mol. The van der Waals surface area contributed by atoms with Crippen LogP contribution in [0.1, 0.15) is 19.4 Å². The van der Waals surface area contributed by atoms with Gasteiger partial charge in [0.15, 0.2) is 0 Å². The van der Waals surface area contributed by atoms with Crippen molar-refractivity contribution >= 4 is 21.6 Å². The highest BCUT2D eigenvalue weighted by Crippen LogP contribution is 2.18. The van der Waals surface area contributed by atoms with Crippen molar-refractivity contribution in [3.05, 3.63) is 29.8 Å². The lowest BCUT2D eigenvalue weighted by Gasteiger charge is -2.17. The van der Waals surface area contributed by atoms with Crippen LogP contribution in [0.4, 0.5) is 5.69 Å². The van der Waals surface area contributed by atoms with Gasteiger partial charge in [-0.3, -0.25) is 0 Å². The summed E-state index contributed by atoms with van der Waals surface area (Å²) in [4.78, 5) is 0. The second-order valence-electron chi connectivity index (χ2n) is 3.03. The van der Waals surface area contributed by atoms with Crippen LogP contribution in [0, 0.1) is 0 Å². The van der Waals surface area contributed by atoms with Gasteiger partial charge in [-0.25, -0.2) is 0 Å². The molecule has 0 heterocycles. The van der Waals surface area contributed by atoms with Crippen molar-refractivity contribution in [2.24, 2.45) is 0 Å². The molecule has 1 atom stereocenters. The first-order valence-electron chi connectivity index (χ1n) is 4.80. The normalized spacial score (nSPS) is 12.5. The molecule has 1 rings (SSSR count). The van der Waals surface area contributed by atoms with Crippen LogP contribution < -0.4 is 5.32 Å². The highest BCUT2D eigenvalue weighted by atomic mass is 79.9. The zero-order valence-corrected chi connectivity index (χ0v) is 10.2. The van der Waals surface area contributed by atoms with Gasteiger partial charge in [-0.1, -0.05) is 34.1 Å². The Kier molecular flexibility index (Phi) is 4.98. The van der Waals surface area contributed by atoms with E-state index in [0.717, 1.165) is 17.6 Å². The molecule has 0 saturated carbocycles. The highest BCUT2D eigenvalue weighted by molar-refractivity contribution is 9.08. The van der Waals surface area contributed by atoms with E-state index in [1.165, 1.54) is 5.56 Å². The average Bonchev–Trinajstić information content (AvgIpc) is 2.19. The van der Waals surface area contributed by atoms with E-state index < -0.39 is 0 Å². The van der Waals surface area contributed by atoms with Gasteiger partial charge in [-0.2, -0.15) is 0 Å². The number of hydrogen-bond acceptors (Lipinski definition) is 2. The molecular formula is C11H16BrNO. The predicted octanol–water partition coefficient (Wildman–Crippen LogP) is 3.38. The average molecular weight is 258 g/mol. The molecule has 1 unspecified atom stereocenters. The van der Waals surface area contributed by atoms with Crippen molar-refractivity contribution in [2.45, 2.75) is 25.4 Å². The number of ether oxygens (including phenoxy) is 1. The van der Waals surface area contributed by atoms with Crippen molar-refractivity contribution in [3.63, 3.8) is 0 Å². The van der Waals surface area contributed by atoms with Gasteiger partial charge in [0.05, 0.1) is 0 Å². The summed E-state index contributed by atoms with van der Waals surface area (Å²) >= 11 is 3.46. The summed E-state index contributed by atoms with van der Waals surface area (Å²) in [6.45, 7) is 4.73.